The fraction of sp³-hybridized carbons (Fsp3) is 0.222. The molecular weight excluding hydrogens is 365 g/mol. The Balaban J connectivity index is 1.84. The number of nitrogens with two attached hydrogens (primary N) is 1. The van der Waals surface area contributed by atoms with Crippen LogP contribution < -0.4 is 16.0 Å². The van der Waals surface area contributed by atoms with Gasteiger partial charge in [-0.1, -0.05) is 46.9 Å². The Hall–Kier alpha value is -1.55. The minimum atomic E-state index is 0.340. The van der Waals surface area contributed by atoms with Crippen LogP contribution in [0.1, 0.15) is 5.56 Å². The molecule has 2 aromatic carbocycles. The van der Waals surface area contributed by atoms with Gasteiger partial charge in [0.2, 0.25) is 0 Å². The van der Waals surface area contributed by atoms with Crippen LogP contribution in [0.2, 0.25) is 15.1 Å². The first-order chi connectivity index (χ1) is 11.5. The van der Waals surface area contributed by atoms with Crippen molar-refractivity contribution in [2.75, 3.05) is 18.0 Å². The lowest BCUT2D eigenvalue weighted by atomic mass is 10.1. The average Bonchev–Trinajstić information content (AvgIpc) is 2.97. The van der Waals surface area contributed by atoms with E-state index in [4.69, 9.17) is 40.5 Å². The van der Waals surface area contributed by atoms with Gasteiger partial charge < -0.3 is 16.0 Å². The van der Waals surface area contributed by atoms with Crippen molar-refractivity contribution in [1.82, 2.24) is 5.32 Å². The molecule has 0 saturated heterocycles. The van der Waals surface area contributed by atoms with E-state index in [0.717, 1.165) is 36.2 Å². The molecule has 3 nitrogen and oxygen atoms in total. The smallest absolute Gasteiger partial charge is 0.0923 e. The third kappa shape index (κ3) is 4.29. The lowest BCUT2D eigenvalue weighted by molar-refractivity contribution is 0.615. The molecule has 0 fully saturated rings. The zero-order valence-electron chi connectivity index (χ0n) is 13.0. The maximum absolute atomic E-state index is 6.20. The van der Waals surface area contributed by atoms with E-state index in [-0.39, 0.29) is 0 Å². The van der Waals surface area contributed by atoms with Gasteiger partial charge in [-0.25, -0.2) is 0 Å². The highest BCUT2D eigenvalue weighted by atomic mass is 35.5. The van der Waals surface area contributed by atoms with Gasteiger partial charge in [-0.05, 0) is 42.0 Å². The van der Waals surface area contributed by atoms with E-state index in [9.17, 15) is 0 Å². The molecule has 2 aromatic rings. The van der Waals surface area contributed by atoms with E-state index < -0.39 is 0 Å². The Kier molecular flexibility index (Phi) is 5.44. The Labute approximate surface area is 157 Å². The van der Waals surface area contributed by atoms with E-state index in [2.05, 4.69) is 16.3 Å². The normalized spacial score (nSPS) is 16.6. The lowest BCUT2D eigenvalue weighted by Crippen LogP contribution is -2.30. The highest BCUT2D eigenvalue weighted by Gasteiger charge is 2.18. The number of hydrogen-bond acceptors (Lipinski definition) is 3. The zero-order chi connectivity index (χ0) is 17.1. The molecule has 1 atom stereocenters. The fourth-order valence-corrected chi connectivity index (χ4v) is 3.19. The van der Waals surface area contributed by atoms with Crippen molar-refractivity contribution < 1.29 is 0 Å². The van der Waals surface area contributed by atoms with E-state index in [0.29, 0.717) is 16.0 Å². The van der Waals surface area contributed by atoms with E-state index in [1.165, 1.54) is 5.56 Å². The summed E-state index contributed by atoms with van der Waals surface area (Å²) in [6, 6.07) is 13.6. The van der Waals surface area contributed by atoms with Crippen molar-refractivity contribution in [2.45, 2.75) is 6.54 Å². The van der Waals surface area contributed by atoms with Crippen LogP contribution in [-0.2, 0) is 6.54 Å². The summed E-state index contributed by atoms with van der Waals surface area (Å²) in [5, 5.41) is 5.00. The monoisotopic (exact) mass is 381 g/mol. The Morgan fingerprint density at radius 2 is 1.79 bits per heavy atom. The number of anilines is 1. The molecule has 0 unspecified atom stereocenters. The summed E-state index contributed by atoms with van der Waals surface area (Å²) in [5.41, 5.74) is 8.03. The topological polar surface area (TPSA) is 41.3 Å². The van der Waals surface area contributed by atoms with Gasteiger partial charge in [0.05, 0.1) is 15.9 Å². The Morgan fingerprint density at radius 3 is 2.42 bits per heavy atom. The van der Waals surface area contributed by atoms with Crippen molar-refractivity contribution in [3.8, 4) is 0 Å². The molecule has 1 aliphatic rings. The number of nitrogens with zero attached hydrogens (tertiary/aromatic N) is 1. The van der Waals surface area contributed by atoms with Crippen LogP contribution in [0, 0.1) is 5.92 Å². The molecule has 0 aliphatic carbocycles. The molecule has 24 heavy (non-hydrogen) atoms. The fourth-order valence-electron chi connectivity index (χ4n) is 2.77. The molecule has 1 aliphatic heterocycles. The predicted molar refractivity (Wildman–Crippen MR) is 103 cm³/mol. The van der Waals surface area contributed by atoms with E-state index in [1.807, 2.05) is 42.5 Å². The average molecular weight is 383 g/mol. The highest BCUT2D eigenvalue weighted by Crippen LogP contribution is 2.29. The molecule has 3 rings (SSSR count). The molecule has 0 aromatic heterocycles. The second-order valence-electron chi connectivity index (χ2n) is 5.87. The molecule has 126 valence electrons. The molecule has 0 saturated carbocycles. The van der Waals surface area contributed by atoms with Crippen molar-refractivity contribution >= 4 is 40.5 Å². The highest BCUT2D eigenvalue weighted by molar-refractivity contribution is 6.42. The van der Waals surface area contributed by atoms with Gasteiger partial charge in [0.1, 0.15) is 0 Å². The van der Waals surface area contributed by atoms with E-state index in [1.54, 1.807) is 0 Å². The minimum Gasteiger partial charge on any atom is -0.386 e. The largest absolute Gasteiger partial charge is 0.386 e. The van der Waals surface area contributed by atoms with Crippen LogP contribution in [0.3, 0.4) is 0 Å². The second-order valence-corrected chi connectivity index (χ2v) is 7.12. The third-order valence-electron chi connectivity index (χ3n) is 3.99. The number of benzene rings is 2. The van der Waals surface area contributed by atoms with Gasteiger partial charge >= 0.3 is 0 Å². The van der Waals surface area contributed by atoms with Gasteiger partial charge in [-0.2, -0.15) is 0 Å². The van der Waals surface area contributed by atoms with Crippen LogP contribution in [-0.4, -0.2) is 13.1 Å². The van der Waals surface area contributed by atoms with Crippen molar-refractivity contribution in [1.29, 1.82) is 0 Å². The van der Waals surface area contributed by atoms with Crippen molar-refractivity contribution in [3.63, 3.8) is 0 Å². The maximum Gasteiger partial charge on any atom is 0.0923 e. The number of nitrogens with one attached hydrogen (secondary N) is 1. The van der Waals surface area contributed by atoms with Crippen LogP contribution in [0.25, 0.3) is 0 Å². The first-order valence-electron chi connectivity index (χ1n) is 7.67. The summed E-state index contributed by atoms with van der Waals surface area (Å²) in [7, 11) is 0. The molecule has 1 heterocycles. The summed E-state index contributed by atoms with van der Waals surface area (Å²) in [4.78, 5) is 2.27. The van der Waals surface area contributed by atoms with Crippen LogP contribution in [0.15, 0.2) is 54.4 Å². The molecule has 0 radical (unpaired) electrons. The first-order valence-corrected chi connectivity index (χ1v) is 8.80. The number of halogens is 3. The summed E-state index contributed by atoms with van der Waals surface area (Å²) in [6.45, 7) is 2.41. The molecule has 0 bridgehead atoms. The minimum absolute atomic E-state index is 0.340. The van der Waals surface area contributed by atoms with Crippen LogP contribution in [0.5, 0.6) is 0 Å². The Morgan fingerprint density at radius 1 is 1.04 bits per heavy atom. The van der Waals surface area contributed by atoms with Crippen LogP contribution >= 0.6 is 34.8 Å². The van der Waals surface area contributed by atoms with Crippen LogP contribution in [0.4, 0.5) is 5.69 Å². The van der Waals surface area contributed by atoms with Gasteiger partial charge in [0, 0.05) is 36.3 Å². The standard InChI is InChI=1S/C18H18Cl3N3/c19-14-3-1-12(2-4-14)10-24(11-13-7-18(22)23-9-13)15-5-6-16(20)17(21)8-15/h1-8,13,23H,9-11,22H2/t13-/m1/s1. The third-order valence-corrected chi connectivity index (χ3v) is 4.98. The summed E-state index contributed by atoms with van der Waals surface area (Å²) in [5.74, 6) is 1.08. The molecule has 0 spiro atoms. The van der Waals surface area contributed by atoms with Gasteiger partial charge in [-0.15, -0.1) is 0 Å². The zero-order valence-corrected chi connectivity index (χ0v) is 15.2. The van der Waals surface area contributed by atoms with Crippen molar-refractivity contribution in [2.24, 2.45) is 11.7 Å². The molecular formula is C18H18Cl3N3. The first kappa shape index (κ1) is 17.3. The SMILES string of the molecule is NC1=C[C@@H](CN(Cc2ccc(Cl)cc2)c2ccc(Cl)c(Cl)c2)CN1. The lowest BCUT2D eigenvalue weighted by Gasteiger charge is -2.27. The molecule has 0 amide bonds. The predicted octanol–water partition coefficient (Wildman–Crippen LogP) is 4.67. The summed E-state index contributed by atoms with van der Waals surface area (Å²) in [6.07, 6.45) is 2.06. The molecule has 3 N–H and O–H groups in total. The van der Waals surface area contributed by atoms with Gasteiger partial charge in [-0.3, -0.25) is 0 Å². The number of rotatable bonds is 5. The maximum atomic E-state index is 6.20. The molecule has 6 heteroatoms. The summed E-state index contributed by atoms with van der Waals surface area (Å²) < 4.78 is 0. The quantitative estimate of drug-likeness (QED) is 0.789. The Bertz CT molecular complexity index is 744. The van der Waals surface area contributed by atoms with Crippen molar-refractivity contribution in [3.05, 3.63) is 75.0 Å². The van der Waals surface area contributed by atoms with E-state index >= 15 is 0 Å². The second kappa shape index (κ2) is 7.56. The number of hydrogen-bond donors (Lipinski definition) is 2. The van der Waals surface area contributed by atoms with Gasteiger partial charge in [0.15, 0.2) is 0 Å². The van der Waals surface area contributed by atoms with Gasteiger partial charge in [0.25, 0.3) is 0 Å². The summed E-state index contributed by atoms with van der Waals surface area (Å²) >= 11 is 18.2.